The first-order chi connectivity index (χ1) is 24.7. The van der Waals surface area contributed by atoms with Gasteiger partial charge in [-0.3, -0.25) is 4.79 Å². The minimum Gasteiger partial charge on any atom is -0.490 e. The van der Waals surface area contributed by atoms with Crippen LogP contribution in [0, 0.1) is 17.8 Å². The molecular formula is C38H45F5N4O5. The molecule has 7 rings (SSSR count). The Balaban J connectivity index is 1.23. The van der Waals surface area contributed by atoms with Crippen molar-refractivity contribution >= 4 is 22.8 Å². The molecule has 4 saturated carbocycles. The largest absolute Gasteiger partial charge is 0.490 e. The number of hydrogen-bond donors (Lipinski definition) is 2. The summed E-state index contributed by atoms with van der Waals surface area (Å²) in [5.74, 6) is -5.01. The lowest BCUT2D eigenvalue weighted by molar-refractivity contribution is -0.146. The molecule has 4 unspecified atom stereocenters. The van der Waals surface area contributed by atoms with Gasteiger partial charge in [-0.25, -0.2) is 23.5 Å². The maximum Gasteiger partial charge on any atom is 0.434 e. The summed E-state index contributed by atoms with van der Waals surface area (Å²) in [5, 5.41) is 13.4. The van der Waals surface area contributed by atoms with Crippen LogP contribution in [0.5, 0.6) is 5.75 Å². The number of methoxy groups -OCH3 is 1. The molecule has 282 valence electrons. The lowest BCUT2D eigenvalue weighted by Crippen LogP contribution is -2.57. The number of alkyl halides is 5. The van der Waals surface area contributed by atoms with Crippen molar-refractivity contribution < 1.29 is 46.1 Å². The molecule has 0 spiro atoms. The van der Waals surface area contributed by atoms with Crippen LogP contribution in [-0.4, -0.2) is 62.3 Å². The van der Waals surface area contributed by atoms with Crippen molar-refractivity contribution in [1.29, 1.82) is 0 Å². The Morgan fingerprint density at radius 1 is 1.04 bits per heavy atom. The van der Waals surface area contributed by atoms with Gasteiger partial charge in [-0.05, 0) is 94.1 Å². The number of hydrogen-bond acceptors (Lipinski definition) is 6. The van der Waals surface area contributed by atoms with Gasteiger partial charge in [0.05, 0.1) is 23.3 Å². The third-order valence-corrected chi connectivity index (χ3v) is 12.2. The van der Waals surface area contributed by atoms with Crippen molar-refractivity contribution in [1.82, 2.24) is 19.9 Å². The van der Waals surface area contributed by atoms with Crippen LogP contribution in [0.15, 0.2) is 30.6 Å². The van der Waals surface area contributed by atoms with E-state index in [2.05, 4.69) is 15.3 Å². The lowest BCUT2D eigenvalue weighted by Gasteiger charge is -2.34. The molecule has 3 aromatic rings. The fourth-order valence-corrected chi connectivity index (χ4v) is 9.39. The average Bonchev–Trinajstić information content (AvgIpc) is 3.61. The summed E-state index contributed by atoms with van der Waals surface area (Å²) in [6, 6.07) is 4.88. The molecular weight excluding hydrogens is 687 g/mol. The lowest BCUT2D eigenvalue weighted by atomic mass is 9.76. The van der Waals surface area contributed by atoms with Gasteiger partial charge in [0, 0.05) is 55.4 Å². The zero-order valence-corrected chi connectivity index (χ0v) is 29.4. The van der Waals surface area contributed by atoms with E-state index in [0.717, 1.165) is 44.7 Å². The maximum atomic E-state index is 14.7. The van der Waals surface area contributed by atoms with Gasteiger partial charge < -0.3 is 24.5 Å². The van der Waals surface area contributed by atoms with Gasteiger partial charge >= 0.3 is 12.1 Å². The van der Waals surface area contributed by atoms with E-state index in [0.29, 0.717) is 35.4 Å². The summed E-state index contributed by atoms with van der Waals surface area (Å²) in [4.78, 5) is 34.5. The predicted octanol–water partition coefficient (Wildman–Crippen LogP) is 8.60. The molecule has 52 heavy (non-hydrogen) atoms. The van der Waals surface area contributed by atoms with E-state index in [1.165, 1.54) is 0 Å². The number of carboxylic acids is 1. The number of ether oxygens (including phenoxy) is 2. The van der Waals surface area contributed by atoms with Crippen molar-refractivity contribution in [2.75, 3.05) is 7.11 Å². The highest BCUT2D eigenvalue weighted by atomic mass is 19.4. The summed E-state index contributed by atoms with van der Waals surface area (Å²) < 4.78 is 86.1. The molecule has 1 aromatic carbocycles. The highest BCUT2D eigenvalue weighted by Gasteiger charge is 2.57. The van der Waals surface area contributed by atoms with Crippen LogP contribution in [-0.2, 0) is 15.7 Å². The van der Waals surface area contributed by atoms with Gasteiger partial charge in [0.2, 0.25) is 5.92 Å². The molecule has 0 aliphatic heterocycles. The maximum absolute atomic E-state index is 14.7. The Labute approximate surface area is 298 Å². The van der Waals surface area contributed by atoms with Gasteiger partial charge in [-0.2, -0.15) is 13.2 Å². The Kier molecular flexibility index (Phi) is 9.75. The van der Waals surface area contributed by atoms with E-state index in [-0.39, 0.29) is 67.7 Å². The number of carboxylic acid groups (broad SMARTS) is 1. The normalized spacial score (nSPS) is 29.2. The molecule has 4 aliphatic rings. The van der Waals surface area contributed by atoms with Gasteiger partial charge in [0.1, 0.15) is 11.3 Å². The first-order valence-electron chi connectivity index (χ1n) is 18.4. The van der Waals surface area contributed by atoms with Gasteiger partial charge in [-0.1, -0.05) is 13.3 Å². The molecule has 1 amide bonds. The van der Waals surface area contributed by atoms with Crippen LogP contribution in [0.4, 0.5) is 22.0 Å². The van der Waals surface area contributed by atoms with E-state index in [4.69, 9.17) is 9.47 Å². The predicted molar refractivity (Wildman–Crippen MR) is 181 cm³/mol. The van der Waals surface area contributed by atoms with Crippen LogP contribution in [0.1, 0.15) is 112 Å². The topological polar surface area (TPSA) is 116 Å². The van der Waals surface area contributed by atoms with E-state index in [1.807, 2.05) is 11.5 Å². The molecule has 9 nitrogen and oxygen atoms in total. The molecule has 14 heteroatoms. The number of rotatable bonds is 9. The smallest absolute Gasteiger partial charge is 0.434 e. The summed E-state index contributed by atoms with van der Waals surface area (Å²) >= 11 is 0. The molecule has 2 heterocycles. The third-order valence-electron chi connectivity index (χ3n) is 12.2. The Bertz CT molecular complexity index is 1810. The van der Waals surface area contributed by atoms with E-state index >= 15 is 0 Å². The van der Waals surface area contributed by atoms with Crippen molar-refractivity contribution in [3.8, 4) is 17.1 Å². The fraction of sp³-hybridized carbons (Fsp3) is 0.632. The number of aliphatic carboxylic acids is 1. The number of benzene rings is 1. The zero-order chi connectivity index (χ0) is 37.0. The summed E-state index contributed by atoms with van der Waals surface area (Å²) in [6.45, 7) is 2.03. The number of nitrogens with zero attached hydrogens (tertiary/aromatic N) is 3. The number of aromatic nitrogens is 3. The molecule has 4 atom stereocenters. The first-order valence-corrected chi connectivity index (χ1v) is 18.4. The number of amides is 1. The SMILES string of the molecule is CCC1CC2CC(C1)C(NC(=O)c1cnc(-c3cn(C4CCC(F)(F)CC4)c4cc(OC5CCC(OC)CC5)ccc34)nc1C(F)(F)F)(C(=O)O)C2. The minimum atomic E-state index is -5.07. The third kappa shape index (κ3) is 6.99. The molecule has 2 N–H and O–H groups in total. The summed E-state index contributed by atoms with van der Waals surface area (Å²) in [6.07, 6.45) is 3.47. The second-order valence-corrected chi connectivity index (χ2v) is 15.4. The highest BCUT2D eigenvalue weighted by molar-refractivity contribution is 6.00. The average molecular weight is 733 g/mol. The molecule has 0 radical (unpaired) electrons. The highest BCUT2D eigenvalue weighted by Crippen LogP contribution is 2.51. The summed E-state index contributed by atoms with van der Waals surface area (Å²) in [5.41, 5.74) is -3.18. The van der Waals surface area contributed by atoms with Crippen molar-refractivity contribution in [3.63, 3.8) is 0 Å². The van der Waals surface area contributed by atoms with Crippen LogP contribution >= 0.6 is 0 Å². The van der Waals surface area contributed by atoms with Crippen molar-refractivity contribution in [3.05, 3.63) is 41.9 Å². The fourth-order valence-electron chi connectivity index (χ4n) is 9.39. The number of nitrogens with one attached hydrogen (secondary N) is 1. The van der Waals surface area contributed by atoms with Gasteiger partial charge in [0.25, 0.3) is 5.91 Å². The van der Waals surface area contributed by atoms with E-state index < -0.39 is 46.7 Å². The van der Waals surface area contributed by atoms with Crippen LogP contribution in [0.25, 0.3) is 22.3 Å². The van der Waals surface area contributed by atoms with E-state index in [9.17, 15) is 36.6 Å². The van der Waals surface area contributed by atoms with Crippen molar-refractivity contribution in [2.45, 2.75) is 126 Å². The quantitative estimate of drug-likeness (QED) is 0.212. The molecule has 4 fully saturated rings. The van der Waals surface area contributed by atoms with Crippen LogP contribution in [0.2, 0.25) is 0 Å². The van der Waals surface area contributed by atoms with Gasteiger partial charge in [0.15, 0.2) is 11.5 Å². The molecule has 0 saturated heterocycles. The second-order valence-electron chi connectivity index (χ2n) is 15.4. The Morgan fingerprint density at radius 2 is 1.75 bits per heavy atom. The second kappa shape index (κ2) is 13.9. The molecule has 2 bridgehead atoms. The van der Waals surface area contributed by atoms with Crippen LogP contribution < -0.4 is 10.1 Å². The molecule has 4 aliphatic carbocycles. The number of fused-ring (bicyclic) bond motifs is 3. The summed E-state index contributed by atoms with van der Waals surface area (Å²) in [7, 11) is 1.69. The van der Waals surface area contributed by atoms with Crippen LogP contribution in [0.3, 0.4) is 0 Å². The monoisotopic (exact) mass is 732 g/mol. The standard InChI is InChI=1S/C38H45F5N4O5/c1-3-21-14-22-16-23(15-21)37(18-22,35(49)50)46-34(48)29-19-44-33(45-32(29)38(41,42)43)30-20-47(24-10-12-36(39,40)13-11-24)31-17-27(8-9-28(30)31)52-26-6-4-25(51-2)5-7-26/h8-9,17,19-26H,3-7,10-16,18H2,1-2H3,(H,46,48)(H,49,50). The number of carbonyl (C=O) groups excluding carboxylic acids is 1. The minimum absolute atomic E-state index is 0.0476. The van der Waals surface area contributed by atoms with E-state index in [1.54, 1.807) is 31.5 Å². The first kappa shape index (κ1) is 36.5. The zero-order valence-electron chi connectivity index (χ0n) is 29.4. The van der Waals surface area contributed by atoms with Crippen molar-refractivity contribution in [2.24, 2.45) is 17.8 Å². The number of halogens is 5. The Morgan fingerprint density at radius 3 is 2.40 bits per heavy atom. The Hall–Kier alpha value is -3.81. The van der Waals surface area contributed by atoms with Gasteiger partial charge in [-0.15, -0.1) is 0 Å². The molecule has 2 aromatic heterocycles. The number of carbonyl (C=O) groups is 2.